The molecule has 3 rings (SSSR count). The minimum atomic E-state index is -3.70. The van der Waals surface area contributed by atoms with Crippen LogP contribution in [0.1, 0.15) is 5.56 Å². The number of hydrogen-bond donors (Lipinski definition) is 0. The van der Waals surface area contributed by atoms with Crippen LogP contribution in [-0.4, -0.2) is 31.0 Å². The van der Waals surface area contributed by atoms with E-state index in [4.69, 9.17) is 11.6 Å². The molecular formula is C16H13BrClFN2O2S2. The van der Waals surface area contributed by atoms with Crippen molar-refractivity contribution in [3.05, 3.63) is 63.3 Å². The van der Waals surface area contributed by atoms with Crippen LogP contribution in [0.4, 0.5) is 4.39 Å². The molecule has 1 aliphatic rings. The van der Waals surface area contributed by atoms with E-state index in [-0.39, 0.29) is 17.2 Å². The van der Waals surface area contributed by atoms with Crippen molar-refractivity contribution in [2.45, 2.75) is 10.6 Å². The van der Waals surface area contributed by atoms with E-state index in [2.05, 4.69) is 20.9 Å². The summed E-state index contributed by atoms with van der Waals surface area (Å²) >= 11 is 10.5. The molecule has 0 atom stereocenters. The van der Waals surface area contributed by atoms with Crippen LogP contribution < -0.4 is 0 Å². The summed E-state index contributed by atoms with van der Waals surface area (Å²) in [5, 5.41) is 0.663. The van der Waals surface area contributed by atoms with Gasteiger partial charge in [0.15, 0.2) is 5.17 Å². The maximum Gasteiger partial charge on any atom is 0.265 e. The van der Waals surface area contributed by atoms with Crippen LogP contribution in [0, 0.1) is 5.82 Å². The zero-order valence-corrected chi connectivity index (χ0v) is 16.8. The molecule has 1 aliphatic heterocycles. The first-order valence-corrected chi connectivity index (χ1v) is 10.9. The average molecular weight is 464 g/mol. The molecule has 0 aromatic heterocycles. The highest BCUT2D eigenvalue weighted by molar-refractivity contribution is 9.10. The van der Waals surface area contributed by atoms with Crippen LogP contribution >= 0.6 is 39.3 Å². The Kier molecular flexibility index (Phi) is 5.72. The van der Waals surface area contributed by atoms with E-state index in [1.54, 1.807) is 18.2 Å². The summed E-state index contributed by atoms with van der Waals surface area (Å²) in [6.07, 6.45) is 0. The van der Waals surface area contributed by atoms with Crippen molar-refractivity contribution >= 4 is 54.5 Å². The Morgan fingerprint density at radius 2 is 1.96 bits per heavy atom. The second-order valence-electron chi connectivity index (χ2n) is 5.18. The number of nitrogens with zero attached hydrogens (tertiary/aromatic N) is 2. The fraction of sp³-hybridized carbons (Fsp3) is 0.188. The summed E-state index contributed by atoms with van der Waals surface area (Å²) in [5.74, 6) is -0.211. The fourth-order valence-corrected chi connectivity index (χ4v) is 5.62. The Morgan fingerprint density at radius 3 is 2.64 bits per heavy atom. The van der Waals surface area contributed by atoms with Gasteiger partial charge in [-0.3, -0.25) is 4.99 Å². The predicted molar refractivity (Wildman–Crippen MR) is 103 cm³/mol. The van der Waals surface area contributed by atoms with Crippen LogP contribution in [0.2, 0.25) is 5.02 Å². The number of benzene rings is 2. The molecule has 0 unspecified atom stereocenters. The second-order valence-corrected chi connectivity index (χ2v) is 9.31. The Labute approximate surface area is 163 Å². The van der Waals surface area contributed by atoms with Gasteiger partial charge in [-0.05, 0) is 36.4 Å². The van der Waals surface area contributed by atoms with Crippen molar-refractivity contribution in [2.24, 2.45) is 4.99 Å². The van der Waals surface area contributed by atoms with Crippen LogP contribution in [0.5, 0.6) is 0 Å². The highest BCUT2D eigenvalue weighted by Crippen LogP contribution is 2.29. The zero-order valence-electron chi connectivity index (χ0n) is 12.8. The Morgan fingerprint density at radius 1 is 1.24 bits per heavy atom. The molecule has 0 bridgehead atoms. The number of sulfonamides is 1. The standard InChI is InChI=1S/C16H13BrClFN2O2S2/c17-11-4-6-12(7-5-11)25(22,23)21-9-8-20-16(21)24-10-13-14(18)2-1-3-15(13)19/h1-7H,8-10H2. The number of halogens is 3. The first-order chi connectivity index (χ1) is 11.9. The Balaban J connectivity index is 1.80. The first kappa shape index (κ1) is 18.7. The van der Waals surface area contributed by atoms with E-state index in [1.165, 1.54) is 28.6 Å². The molecule has 0 N–H and O–H groups in total. The molecule has 9 heteroatoms. The van der Waals surface area contributed by atoms with E-state index in [9.17, 15) is 12.8 Å². The molecule has 0 fully saturated rings. The summed E-state index contributed by atoms with van der Waals surface area (Å²) in [6, 6.07) is 10.9. The molecule has 132 valence electrons. The van der Waals surface area contributed by atoms with E-state index in [0.29, 0.717) is 22.3 Å². The van der Waals surface area contributed by atoms with Gasteiger partial charge in [-0.2, -0.15) is 0 Å². The van der Waals surface area contributed by atoms with Gasteiger partial charge in [-0.15, -0.1) is 0 Å². The minimum Gasteiger partial charge on any atom is -0.260 e. The van der Waals surface area contributed by atoms with Gasteiger partial charge in [-0.1, -0.05) is 45.4 Å². The van der Waals surface area contributed by atoms with Gasteiger partial charge < -0.3 is 0 Å². The van der Waals surface area contributed by atoms with Gasteiger partial charge >= 0.3 is 0 Å². The van der Waals surface area contributed by atoms with Crippen molar-refractivity contribution < 1.29 is 12.8 Å². The lowest BCUT2D eigenvalue weighted by molar-refractivity contribution is 0.540. The Bertz CT molecular complexity index is 900. The van der Waals surface area contributed by atoms with Gasteiger partial charge in [0.1, 0.15) is 5.82 Å². The van der Waals surface area contributed by atoms with Crippen molar-refractivity contribution in [1.82, 2.24) is 4.31 Å². The van der Waals surface area contributed by atoms with Gasteiger partial charge in [0.25, 0.3) is 10.0 Å². The van der Waals surface area contributed by atoms with Crippen molar-refractivity contribution in [2.75, 3.05) is 13.1 Å². The van der Waals surface area contributed by atoms with E-state index in [0.717, 1.165) is 16.2 Å². The molecule has 1 heterocycles. The van der Waals surface area contributed by atoms with Crippen molar-refractivity contribution in [1.29, 1.82) is 0 Å². The monoisotopic (exact) mass is 462 g/mol. The third-order valence-corrected chi connectivity index (χ3v) is 7.42. The third-order valence-electron chi connectivity index (χ3n) is 3.57. The molecule has 0 spiro atoms. The van der Waals surface area contributed by atoms with Crippen LogP contribution in [-0.2, 0) is 15.8 Å². The maximum atomic E-state index is 13.9. The molecule has 0 aliphatic carbocycles. The first-order valence-electron chi connectivity index (χ1n) is 7.28. The highest BCUT2D eigenvalue weighted by Gasteiger charge is 2.31. The molecule has 25 heavy (non-hydrogen) atoms. The van der Waals surface area contributed by atoms with Gasteiger partial charge in [-0.25, -0.2) is 17.1 Å². The van der Waals surface area contributed by atoms with Gasteiger partial charge in [0.05, 0.1) is 18.0 Å². The summed E-state index contributed by atoms with van der Waals surface area (Å²) in [7, 11) is -3.70. The maximum absolute atomic E-state index is 13.9. The number of hydrogen-bond acceptors (Lipinski definition) is 4. The summed E-state index contributed by atoms with van der Waals surface area (Å²) < 4.78 is 41.6. The van der Waals surface area contributed by atoms with Crippen LogP contribution in [0.3, 0.4) is 0 Å². The van der Waals surface area contributed by atoms with Gasteiger partial charge in [0, 0.05) is 20.8 Å². The topological polar surface area (TPSA) is 49.7 Å². The average Bonchev–Trinajstić information content (AvgIpc) is 3.04. The fourth-order valence-electron chi connectivity index (χ4n) is 2.29. The van der Waals surface area contributed by atoms with Crippen molar-refractivity contribution in [3.63, 3.8) is 0 Å². The lowest BCUT2D eigenvalue weighted by Gasteiger charge is -2.20. The summed E-state index contributed by atoms with van der Waals surface area (Å²) in [4.78, 5) is 4.44. The predicted octanol–water partition coefficient (Wildman–Crippen LogP) is 4.54. The Hall–Kier alpha value is -1.09. The van der Waals surface area contributed by atoms with Crippen molar-refractivity contribution in [3.8, 4) is 0 Å². The zero-order chi connectivity index (χ0) is 18.0. The van der Waals surface area contributed by atoms with Crippen LogP contribution in [0.15, 0.2) is 56.8 Å². The van der Waals surface area contributed by atoms with Crippen LogP contribution in [0.25, 0.3) is 0 Å². The number of rotatable bonds is 4. The molecular weight excluding hydrogens is 451 g/mol. The van der Waals surface area contributed by atoms with E-state index >= 15 is 0 Å². The smallest absolute Gasteiger partial charge is 0.260 e. The largest absolute Gasteiger partial charge is 0.265 e. The normalized spacial score (nSPS) is 14.7. The molecule has 0 saturated heterocycles. The van der Waals surface area contributed by atoms with E-state index in [1.807, 2.05) is 0 Å². The summed E-state index contributed by atoms with van der Waals surface area (Å²) in [6.45, 7) is 0.648. The molecule has 2 aromatic carbocycles. The lowest BCUT2D eigenvalue weighted by Crippen LogP contribution is -2.32. The molecule has 0 amide bonds. The van der Waals surface area contributed by atoms with Gasteiger partial charge in [0.2, 0.25) is 0 Å². The molecule has 0 radical (unpaired) electrons. The highest BCUT2D eigenvalue weighted by atomic mass is 79.9. The summed E-state index contributed by atoms with van der Waals surface area (Å²) in [5.41, 5.74) is 0.338. The second kappa shape index (κ2) is 7.65. The quantitative estimate of drug-likeness (QED) is 0.669. The molecule has 4 nitrogen and oxygen atoms in total. The SMILES string of the molecule is O=S(=O)(c1ccc(Br)cc1)N1CCN=C1SCc1c(F)cccc1Cl. The molecule has 0 saturated carbocycles. The molecule has 2 aromatic rings. The lowest BCUT2D eigenvalue weighted by atomic mass is 10.2. The minimum absolute atomic E-state index is 0.190. The number of amidine groups is 1. The number of thioether (sulfide) groups is 1. The number of aliphatic imine (C=N–C) groups is 1. The third kappa shape index (κ3) is 4.02. The van der Waals surface area contributed by atoms with E-state index < -0.39 is 15.8 Å².